The molecule has 1 saturated heterocycles. The fraction of sp³-hybridized carbons (Fsp3) is 0.381. The van der Waals surface area contributed by atoms with E-state index in [4.69, 9.17) is 9.47 Å². The maximum absolute atomic E-state index is 13.7. The summed E-state index contributed by atoms with van der Waals surface area (Å²) >= 11 is 0. The summed E-state index contributed by atoms with van der Waals surface area (Å²) in [6.07, 6.45) is -3.25. The molecular formula is C21H21F4NO3. The summed E-state index contributed by atoms with van der Waals surface area (Å²) < 4.78 is 62.6. The van der Waals surface area contributed by atoms with Crippen LogP contribution >= 0.6 is 0 Å². The van der Waals surface area contributed by atoms with Crippen molar-refractivity contribution in [3.05, 3.63) is 65.5 Å². The van der Waals surface area contributed by atoms with Crippen LogP contribution in [0.5, 0.6) is 5.75 Å². The van der Waals surface area contributed by atoms with Crippen molar-refractivity contribution in [1.29, 1.82) is 0 Å². The molecule has 29 heavy (non-hydrogen) atoms. The number of ether oxygens (including phenoxy) is 2. The molecule has 1 amide bonds. The monoisotopic (exact) mass is 411 g/mol. The number of hydrogen-bond acceptors (Lipinski definition) is 3. The van der Waals surface area contributed by atoms with Gasteiger partial charge < -0.3 is 14.8 Å². The Hall–Kier alpha value is -2.61. The standard InChI is InChI=1S/C21H21F4NO3/c22-17-5-1-3-15(11-17)20(7-9-28-10-8-20)14-26-19(27)13-29-18-6-2-4-16(12-18)21(23,24)25/h1-6,11-12H,7-10,13-14H2,(H,26,27). The molecule has 1 heterocycles. The van der Waals surface area contributed by atoms with Crippen LogP contribution in [0.25, 0.3) is 0 Å². The maximum Gasteiger partial charge on any atom is 0.416 e. The molecule has 0 bridgehead atoms. The highest BCUT2D eigenvalue weighted by Crippen LogP contribution is 2.35. The van der Waals surface area contributed by atoms with E-state index in [-0.39, 0.29) is 18.1 Å². The summed E-state index contributed by atoms with van der Waals surface area (Å²) in [5, 5.41) is 2.76. The van der Waals surface area contributed by atoms with E-state index in [1.807, 2.05) is 6.07 Å². The molecule has 1 N–H and O–H groups in total. The van der Waals surface area contributed by atoms with Gasteiger partial charge in [0.05, 0.1) is 5.56 Å². The molecule has 0 aromatic heterocycles. The molecule has 1 fully saturated rings. The van der Waals surface area contributed by atoms with Crippen LogP contribution in [0.1, 0.15) is 24.0 Å². The van der Waals surface area contributed by atoms with Crippen LogP contribution in [0.15, 0.2) is 48.5 Å². The van der Waals surface area contributed by atoms with Gasteiger partial charge in [-0.15, -0.1) is 0 Å². The van der Waals surface area contributed by atoms with Crippen LogP contribution in [-0.4, -0.2) is 32.3 Å². The summed E-state index contributed by atoms with van der Waals surface area (Å²) in [6, 6.07) is 10.6. The lowest BCUT2D eigenvalue weighted by molar-refractivity contribution is -0.137. The fourth-order valence-corrected chi connectivity index (χ4v) is 3.38. The van der Waals surface area contributed by atoms with Crippen molar-refractivity contribution in [2.24, 2.45) is 0 Å². The van der Waals surface area contributed by atoms with E-state index in [1.54, 1.807) is 6.07 Å². The molecule has 2 aromatic carbocycles. The second-order valence-corrected chi connectivity index (χ2v) is 6.99. The Kier molecular flexibility index (Phi) is 6.42. The predicted molar refractivity (Wildman–Crippen MR) is 98.1 cm³/mol. The number of rotatable bonds is 6. The number of hydrogen-bond donors (Lipinski definition) is 1. The lowest BCUT2D eigenvalue weighted by Crippen LogP contribution is -2.45. The molecule has 0 unspecified atom stereocenters. The summed E-state index contributed by atoms with van der Waals surface area (Å²) in [5.41, 5.74) is -0.533. The van der Waals surface area contributed by atoms with Crippen molar-refractivity contribution in [3.63, 3.8) is 0 Å². The Morgan fingerprint density at radius 3 is 2.52 bits per heavy atom. The van der Waals surface area contributed by atoms with Gasteiger partial charge in [0, 0.05) is 25.2 Å². The van der Waals surface area contributed by atoms with Gasteiger partial charge in [-0.1, -0.05) is 18.2 Å². The second kappa shape index (κ2) is 8.82. The molecule has 1 aliphatic rings. The number of nitrogens with one attached hydrogen (secondary N) is 1. The molecule has 0 spiro atoms. The van der Waals surface area contributed by atoms with Gasteiger partial charge in [-0.05, 0) is 48.7 Å². The van der Waals surface area contributed by atoms with Crippen LogP contribution in [0.2, 0.25) is 0 Å². The van der Waals surface area contributed by atoms with E-state index in [9.17, 15) is 22.4 Å². The van der Waals surface area contributed by atoms with Crippen LogP contribution < -0.4 is 10.1 Å². The van der Waals surface area contributed by atoms with Crippen molar-refractivity contribution in [2.45, 2.75) is 24.4 Å². The van der Waals surface area contributed by atoms with Gasteiger partial charge in [-0.3, -0.25) is 4.79 Å². The summed E-state index contributed by atoms with van der Waals surface area (Å²) in [7, 11) is 0. The third kappa shape index (κ3) is 5.47. The third-order valence-electron chi connectivity index (χ3n) is 5.04. The zero-order chi connectivity index (χ0) is 20.9. The molecule has 0 aliphatic carbocycles. The highest BCUT2D eigenvalue weighted by atomic mass is 19.4. The molecule has 1 aliphatic heterocycles. The first-order valence-electron chi connectivity index (χ1n) is 9.19. The fourth-order valence-electron chi connectivity index (χ4n) is 3.38. The molecule has 0 saturated carbocycles. The highest BCUT2D eigenvalue weighted by molar-refractivity contribution is 5.77. The average molecular weight is 411 g/mol. The Balaban J connectivity index is 1.61. The van der Waals surface area contributed by atoms with Crippen LogP contribution in [0.4, 0.5) is 17.6 Å². The van der Waals surface area contributed by atoms with Gasteiger partial charge in [-0.2, -0.15) is 13.2 Å². The molecular weight excluding hydrogens is 390 g/mol. The maximum atomic E-state index is 13.7. The van der Waals surface area contributed by atoms with Gasteiger partial charge in [0.2, 0.25) is 0 Å². The SMILES string of the molecule is O=C(COc1cccc(C(F)(F)F)c1)NCC1(c2cccc(F)c2)CCOCC1. The first-order valence-corrected chi connectivity index (χ1v) is 9.19. The van der Waals surface area contributed by atoms with Crippen molar-refractivity contribution in [1.82, 2.24) is 5.32 Å². The highest BCUT2D eigenvalue weighted by Gasteiger charge is 2.35. The minimum absolute atomic E-state index is 0.0408. The van der Waals surface area contributed by atoms with Gasteiger partial charge in [0.1, 0.15) is 11.6 Å². The van der Waals surface area contributed by atoms with E-state index in [0.717, 1.165) is 17.7 Å². The zero-order valence-electron chi connectivity index (χ0n) is 15.6. The Morgan fingerprint density at radius 2 is 1.83 bits per heavy atom. The number of carbonyl (C=O) groups excluding carboxylic acids is 1. The number of alkyl halides is 3. The van der Waals surface area contributed by atoms with Crippen molar-refractivity contribution in [3.8, 4) is 5.75 Å². The van der Waals surface area contributed by atoms with E-state index in [1.165, 1.54) is 24.3 Å². The Morgan fingerprint density at radius 1 is 1.10 bits per heavy atom. The van der Waals surface area contributed by atoms with Crippen LogP contribution in [-0.2, 0) is 21.1 Å². The molecule has 0 atom stereocenters. The Bertz CT molecular complexity index is 848. The topological polar surface area (TPSA) is 47.6 Å². The van der Waals surface area contributed by atoms with Crippen LogP contribution in [0, 0.1) is 5.82 Å². The molecule has 2 aromatic rings. The largest absolute Gasteiger partial charge is 0.484 e. The molecule has 156 valence electrons. The molecule has 0 radical (unpaired) electrons. The van der Waals surface area contributed by atoms with Gasteiger partial charge in [-0.25, -0.2) is 4.39 Å². The number of carbonyl (C=O) groups is 1. The minimum Gasteiger partial charge on any atom is -0.484 e. The van der Waals surface area contributed by atoms with E-state index < -0.39 is 29.7 Å². The van der Waals surface area contributed by atoms with Crippen molar-refractivity contribution < 1.29 is 31.8 Å². The second-order valence-electron chi connectivity index (χ2n) is 6.99. The van der Waals surface area contributed by atoms with Gasteiger partial charge in [0.15, 0.2) is 6.61 Å². The summed E-state index contributed by atoms with van der Waals surface area (Å²) in [5.74, 6) is -0.863. The first-order chi connectivity index (χ1) is 13.8. The quantitative estimate of drug-likeness (QED) is 0.729. The number of benzene rings is 2. The van der Waals surface area contributed by atoms with Crippen molar-refractivity contribution in [2.75, 3.05) is 26.4 Å². The lowest BCUT2D eigenvalue weighted by Gasteiger charge is -2.38. The minimum atomic E-state index is -4.48. The predicted octanol–water partition coefficient (Wildman–Crippen LogP) is 4.09. The molecule has 4 nitrogen and oxygen atoms in total. The zero-order valence-corrected chi connectivity index (χ0v) is 15.6. The van der Waals surface area contributed by atoms with Gasteiger partial charge >= 0.3 is 6.18 Å². The van der Waals surface area contributed by atoms with Crippen molar-refractivity contribution >= 4 is 5.91 Å². The third-order valence-corrected chi connectivity index (χ3v) is 5.04. The number of halogens is 4. The lowest BCUT2D eigenvalue weighted by atomic mass is 9.74. The molecule has 8 heteroatoms. The smallest absolute Gasteiger partial charge is 0.416 e. The van der Waals surface area contributed by atoms with E-state index >= 15 is 0 Å². The Labute approximate surface area is 165 Å². The summed E-state index contributed by atoms with van der Waals surface area (Å²) in [6.45, 7) is 0.821. The molecule has 3 rings (SSSR count). The van der Waals surface area contributed by atoms with Gasteiger partial charge in [0.25, 0.3) is 5.91 Å². The normalized spacial score (nSPS) is 16.3. The average Bonchev–Trinajstić information content (AvgIpc) is 2.71. The number of amides is 1. The van der Waals surface area contributed by atoms with E-state index in [2.05, 4.69) is 5.32 Å². The van der Waals surface area contributed by atoms with Crippen LogP contribution in [0.3, 0.4) is 0 Å². The van der Waals surface area contributed by atoms with E-state index in [0.29, 0.717) is 26.1 Å². The summed E-state index contributed by atoms with van der Waals surface area (Å²) in [4.78, 5) is 12.2. The first kappa shape index (κ1) is 21.1.